The largest absolute Gasteiger partial charge is 0.484 e. The second-order valence-corrected chi connectivity index (χ2v) is 8.27. The van der Waals surface area contributed by atoms with E-state index in [2.05, 4.69) is 15.4 Å². The minimum Gasteiger partial charge on any atom is -0.484 e. The van der Waals surface area contributed by atoms with Gasteiger partial charge in [-0.05, 0) is 49.6 Å². The SMILES string of the molecule is Cc1ccc(OCC(=O)NCc2cc(=O)n3nc(-c4ccccc4C)sc3n2)cc1C. The van der Waals surface area contributed by atoms with E-state index in [0.717, 1.165) is 21.7 Å². The maximum Gasteiger partial charge on any atom is 0.275 e. The normalized spacial score (nSPS) is 10.9. The third-order valence-electron chi connectivity index (χ3n) is 4.99. The van der Waals surface area contributed by atoms with Crippen LogP contribution in [0.2, 0.25) is 0 Å². The second kappa shape index (κ2) is 8.69. The van der Waals surface area contributed by atoms with Crippen LogP contribution in [0.15, 0.2) is 53.3 Å². The lowest BCUT2D eigenvalue weighted by Gasteiger charge is -2.09. The molecule has 0 aliphatic carbocycles. The van der Waals surface area contributed by atoms with Gasteiger partial charge in [0, 0.05) is 11.6 Å². The summed E-state index contributed by atoms with van der Waals surface area (Å²) < 4.78 is 6.84. The lowest BCUT2D eigenvalue weighted by atomic mass is 10.1. The van der Waals surface area contributed by atoms with Crippen molar-refractivity contribution in [3.05, 3.63) is 81.3 Å². The van der Waals surface area contributed by atoms with Crippen LogP contribution in [0.1, 0.15) is 22.4 Å². The van der Waals surface area contributed by atoms with Crippen LogP contribution in [0.3, 0.4) is 0 Å². The monoisotopic (exact) mass is 434 g/mol. The van der Waals surface area contributed by atoms with Crippen LogP contribution in [0.25, 0.3) is 15.5 Å². The van der Waals surface area contributed by atoms with Crippen molar-refractivity contribution in [3.8, 4) is 16.3 Å². The minimum absolute atomic E-state index is 0.109. The number of hydrogen-bond acceptors (Lipinski definition) is 6. The summed E-state index contributed by atoms with van der Waals surface area (Å²) in [4.78, 5) is 29.6. The van der Waals surface area contributed by atoms with E-state index in [1.165, 1.54) is 27.5 Å². The summed E-state index contributed by atoms with van der Waals surface area (Å²) in [5.74, 6) is 0.356. The number of amides is 1. The molecule has 2 aromatic carbocycles. The van der Waals surface area contributed by atoms with Crippen molar-refractivity contribution in [2.75, 3.05) is 6.61 Å². The van der Waals surface area contributed by atoms with Gasteiger partial charge in [0.05, 0.1) is 12.2 Å². The van der Waals surface area contributed by atoms with Crippen molar-refractivity contribution in [3.63, 3.8) is 0 Å². The van der Waals surface area contributed by atoms with E-state index < -0.39 is 0 Å². The van der Waals surface area contributed by atoms with Crippen molar-refractivity contribution < 1.29 is 9.53 Å². The Morgan fingerprint density at radius 1 is 1.06 bits per heavy atom. The number of nitrogens with one attached hydrogen (secondary N) is 1. The average Bonchev–Trinajstić information content (AvgIpc) is 3.18. The van der Waals surface area contributed by atoms with Gasteiger partial charge in [-0.15, -0.1) is 0 Å². The van der Waals surface area contributed by atoms with Gasteiger partial charge in [-0.25, -0.2) is 4.98 Å². The number of fused-ring (bicyclic) bond motifs is 1. The highest BCUT2D eigenvalue weighted by molar-refractivity contribution is 7.19. The molecular formula is C23H22N4O3S. The van der Waals surface area contributed by atoms with Crippen LogP contribution in [-0.4, -0.2) is 27.1 Å². The van der Waals surface area contributed by atoms with E-state index in [4.69, 9.17) is 4.74 Å². The molecule has 4 rings (SSSR count). The number of aryl methyl sites for hydroxylation is 3. The van der Waals surface area contributed by atoms with Crippen LogP contribution in [-0.2, 0) is 11.3 Å². The van der Waals surface area contributed by atoms with E-state index in [9.17, 15) is 9.59 Å². The lowest BCUT2D eigenvalue weighted by molar-refractivity contribution is -0.123. The van der Waals surface area contributed by atoms with Crippen molar-refractivity contribution in [1.82, 2.24) is 19.9 Å². The van der Waals surface area contributed by atoms with Crippen molar-refractivity contribution in [1.29, 1.82) is 0 Å². The fourth-order valence-corrected chi connectivity index (χ4v) is 4.08. The zero-order chi connectivity index (χ0) is 22.0. The maximum atomic E-state index is 12.5. The van der Waals surface area contributed by atoms with Crippen LogP contribution in [0.5, 0.6) is 5.75 Å². The summed E-state index contributed by atoms with van der Waals surface area (Å²) in [6.45, 7) is 6.04. The van der Waals surface area contributed by atoms with Crippen molar-refractivity contribution >= 4 is 22.2 Å². The van der Waals surface area contributed by atoms with E-state index in [1.54, 1.807) is 0 Å². The number of hydrogen-bond donors (Lipinski definition) is 1. The molecule has 0 bridgehead atoms. The Labute approximate surface area is 183 Å². The van der Waals surface area contributed by atoms with Gasteiger partial charge in [0.2, 0.25) is 4.96 Å². The summed E-state index contributed by atoms with van der Waals surface area (Å²) in [6.07, 6.45) is 0. The highest BCUT2D eigenvalue weighted by atomic mass is 32.1. The Morgan fingerprint density at radius 3 is 2.65 bits per heavy atom. The number of ether oxygens (including phenoxy) is 1. The quantitative estimate of drug-likeness (QED) is 0.502. The molecule has 0 radical (unpaired) electrons. The molecule has 0 aliphatic rings. The predicted molar refractivity (Wildman–Crippen MR) is 121 cm³/mol. The highest BCUT2D eigenvalue weighted by Crippen LogP contribution is 2.26. The predicted octanol–water partition coefficient (Wildman–Crippen LogP) is 3.44. The summed E-state index contributed by atoms with van der Waals surface area (Å²) in [5.41, 5.74) is 4.51. The minimum atomic E-state index is -0.287. The zero-order valence-electron chi connectivity index (χ0n) is 17.5. The first-order valence-electron chi connectivity index (χ1n) is 9.83. The summed E-state index contributed by atoms with van der Waals surface area (Å²) in [5, 5.41) is 7.88. The van der Waals surface area contributed by atoms with Gasteiger partial charge in [0.1, 0.15) is 10.8 Å². The fraction of sp³-hybridized carbons (Fsp3) is 0.217. The van der Waals surface area contributed by atoms with Gasteiger partial charge in [-0.3, -0.25) is 9.59 Å². The Hall–Kier alpha value is -3.52. The standard InChI is InChI=1S/C23H22N4O3S/c1-14-8-9-18(10-16(14)3)30-13-20(28)24-12-17-11-21(29)27-23(25-17)31-22(26-27)19-7-5-4-6-15(19)2/h4-11H,12-13H2,1-3H3,(H,24,28). The molecule has 0 saturated heterocycles. The Kier molecular flexibility index (Phi) is 5.81. The second-order valence-electron chi connectivity index (χ2n) is 7.31. The Bertz CT molecular complexity index is 1330. The van der Waals surface area contributed by atoms with Gasteiger partial charge in [-0.2, -0.15) is 9.61 Å². The number of nitrogens with zero attached hydrogens (tertiary/aromatic N) is 3. The molecule has 31 heavy (non-hydrogen) atoms. The topological polar surface area (TPSA) is 85.6 Å². The number of rotatable bonds is 6. The molecule has 4 aromatic rings. The molecule has 2 aromatic heterocycles. The molecule has 0 fully saturated rings. The number of carbonyl (C=O) groups is 1. The molecule has 2 heterocycles. The lowest BCUT2D eigenvalue weighted by Crippen LogP contribution is -2.29. The van der Waals surface area contributed by atoms with Gasteiger partial charge in [0.15, 0.2) is 6.61 Å². The van der Waals surface area contributed by atoms with Crippen LogP contribution >= 0.6 is 11.3 Å². The Balaban J connectivity index is 1.43. The van der Waals surface area contributed by atoms with E-state index >= 15 is 0 Å². The summed E-state index contributed by atoms with van der Waals surface area (Å²) >= 11 is 1.34. The zero-order valence-corrected chi connectivity index (χ0v) is 18.3. The number of carbonyl (C=O) groups excluding carboxylic acids is 1. The molecule has 8 heteroatoms. The van der Waals surface area contributed by atoms with E-state index in [0.29, 0.717) is 16.4 Å². The fourth-order valence-electron chi connectivity index (χ4n) is 3.06. The first kappa shape index (κ1) is 20.7. The van der Waals surface area contributed by atoms with Gasteiger partial charge in [0.25, 0.3) is 11.5 Å². The smallest absolute Gasteiger partial charge is 0.275 e. The molecular weight excluding hydrogens is 412 g/mol. The average molecular weight is 435 g/mol. The first-order valence-corrected chi connectivity index (χ1v) is 10.6. The molecule has 0 unspecified atom stereocenters. The molecule has 1 N–H and O–H groups in total. The molecule has 7 nitrogen and oxygen atoms in total. The third-order valence-corrected chi connectivity index (χ3v) is 5.93. The number of benzene rings is 2. The molecule has 0 saturated carbocycles. The highest BCUT2D eigenvalue weighted by Gasteiger charge is 2.13. The molecule has 0 atom stereocenters. The summed E-state index contributed by atoms with van der Waals surface area (Å²) in [7, 11) is 0. The maximum absolute atomic E-state index is 12.5. The van der Waals surface area contributed by atoms with Crippen LogP contribution in [0.4, 0.5) is 0 Å². The van der Waals surface area contributed by atoms with Gasteiger partial charge >= 0.3 is 0 Å². The van der Waals surface area contributed by atoms with Crippen molar-refractivity contribution in [2.45, 2.75) is 27.3 Å². The van der Waals surface area contributed by atoms with E-state index in [-0.39, 0.29) is 24.6 Å². The number of aromatic nitrogens is 3. The first-order chi connectivity index (χ1) is 14.9. The van der Waals surface area contributed by atoms with Crippen molar-refractivity contribution in [2.24, 2.45) is 0 Å². The summed E-state index contributed by atoms with van der Waals surface area (Å²) in [6, 6.07) is 14.9. The van der Waals surface area contributed by atoms with Crippen LogP contribution in [0, 0.1) is 20.8 Å². The van der Waals surface area contributed by atoms with Crippen LogP contribution < -0.4 is 15.6 Å². The Morgan fingerprint density at radius 2 is 1.87 bits per heavy atom. The third kappa shape index (κ3) is 4.64. The van der Waals surface area contributed by atoms with Gasteiger partial charge < -0.3 is 10.1 Å². The van der Waals surface area contributed by atoms with E-state index in [1.807, 2.05) is 63.2 Å². The molecule has 0 aliphatic heterocycles. The van der Waals surface area contributed by atoms with Gasteiger partial charge in [-0.1, -0.05) is 41.7 Å². The molecule has 158 valence electrons. The molecule has 1 amide bonds. The molecule has 0 spiro atoms.